The van der Waals surface area contributed by atoms with Crippen LogP contribution < -0.4 is 10.1 Å². The summed E-state index contributed by atoms with van der Waals surface area (Å²) in [5, 5.41) is 3.40. The van der Waals surface area contributed by atoms with Gasteiger partial charge in [-0.3, -0.25) is 0 Å². The van der Waals surface area contributed by atoms with Gasteiger partial charge in [-0.2, -0.15) is 0 Å². The van der Waals surface area contributed by atoms with Crippen molar-refractivity contribution in [1.29, 1.82) is 0 Å². The van der Waals surface area contributed by atoms with Crippen LogP contribution in [0.2, 0.25) is 0 Å². The molecule has 25 heavy (non-hydrogen) atoms. The van der Waals surface area contributed by atoms with Crippen molar-refractivity contribution in [1.82, 2.24) is 15.3 Å². The van der Waals surface area contributed by atoms with Crippen LogP contribution in [-0.2, 0) is 0 Å². The van der Waals surface area contributed by atoms with Crippen molar-refractivity contribution < 1.29 is 4.74 Å². The standard InChI is InChI=1S/C21H25N3O/c1-14-15(2)20(25-13-16-9-11-22-12-10-16)8-7-17(14)21-23-18-5-3-4-6-19(18)24-21/h3-8,16,22H,9-13H2,1-2H3,(H,23,24). The van der Waals surface area contributed by atoms with Gasteiger partial charge in [0.2, 0.25) is 0 Å². The minimum atomic E-state index is 0.663. The molecule has 1 aliphatic rings. The number of nitrogens with zero attached hydrogens (tertiary/aromatic N) is 1. The number of benzene rings is 2. The minimum absolute atomic E-state index is 0.663. The van der Waals surface area contributed by atoms with Gasteiger partial charge in [0.05, 0.1) is 17.6 Å². The first kappa shape index (κ1) is 16.2. The lowest BCUT2D eigenvalue weighted by atomic mass is 9.99. The maximum Gasteiger partial charge on any atom is 0.138 e. The molecule has 2 heterocycles. The van der Waals surface area contributed by atoms with Crippen molar-refractivity contribution in [2.24, 2.45) is 5.92 Å². The molecule has 1 fully saturated rings. The number of fused-ring (bicyclic) bond motifs is 1. The molecule has 4 heteroatoms. The van der Waals surface area contributed by atoms with Crippen LogP contribution in [0.25, 0.3) is 22.4 Å². The highest BCUT2D eigenvalue weighted by Gasteiger charge is 2.16. The molecule has 4 rings (SSSR count). The fourth-order valence-electron chi connectivity index (χ4n) is 3.55. The lowest BCUT2D eigenvalue weighted by Gasteiger charge is -2.23. The van der Waals surface area contributed by atoms with E-state index in [-0.39, 0.29) is 0 Å². The molecule has 0 amide bonds. The predicted octanol–water partition coefficient (Wildman–Crippen LogP) is 4.23. The van der Waals surface area contributed by atoms with Crippen LogP contribution in [0.15, 0.2) is 36.4 Å². The Kier molecular flexibility index (Phi) is 4.45. The number of piperidine rings is 1. The van der Waals surface area contributed by atoms with Crippen LogP contribution in [0.1, 0.15) is 24.0 Å². The Hall–Kier alpha value is -2.33. The molecule has 3 aromatic rings. The SMILES string of the molecule is Cc1c(OCC2CCNCC2)ccc(-c2nc3ccccc3[nH]2)c1C. The van der Waals surface area contributed by atoms with Crippen molar-refractivity contribution >= 4 is 11.0 Å². The largest absolute Gasteiger partial charge is 0.493 e. The first-order chi connectivity index (χ1) is 12.2. The van der Waals surface area contributed by atoms with E-state index >= 15 is 0 Å². The summed E-state index contributed by atoms with van der Waals surface area (Å²) in [7, 11) is 0. The van der Waals surface area contributed by atoms with Gasteiger partial charge in [-0.25, -0.2) is 4.98 Å². The average molecular weight is 335 g/mol. The summed E-state index contributed by atoms with van der Waals surface area (Å²) in [6.45, 7) is 7.31. The van der Waals surface area contributed by atoms with E-state index in [9.17, 15) is 0 Å². The van der Waals surface area contributed by atoms with Gasteiger partial charge in [0.15, 0.2) is 0 Å². The molecule has 0 saturated carbocycles. The van der Waals surface area contributed by atoms with Gasteiger partial charge in [0, 0.05) is 5.56 Å². The van der Waals surface area contributed by atoms with Gasteiger partial charge < -0.3 is 15.0 Å². The highest BCUT2D eigenvalue weighted by molar-refractivity contribution is 5.80. The molecule has 2 N–H and O–H groups in total. The lowest BCUT2D eigenvalue weighted by molar-refractivity contribution is 0.214. The van der Waals surface area contributed by atoms with Crippen LogP contribution >= 0.6 is 0 Å². The summed E-state index contributed by atoms with van der Waals surface area (Å²) in [5.41, 5.74) is 5.64. The molecular formula is C21H25N3O. The summed E-state index contributed by atoms with van der Waals surface area (Å²) in [6, 6.07) is 12.4. The van der Waals surface area contributed by atoms with Crippen molar-refractivity contribution in [3.63, 3.8) is 0 Å². The maximum atomic E-state index is 6.15. The number of para-hydroxylation sites is 2. The van der Waals surface area contributed by atoms with E-state index in [1.54, 1.807) is 0 Å². The van der Waals surface area contributed by atoms with Crippen molar-refractivity contribution in [3.8, 4) is 17.1 Å². The second-order valence-electron chi connectivity index (χ2n) is 6.97. The zero-order chi connectivity index (χ0) is 17.2. The van der Waals surface area contributed by atoms with Crippen LogP contribution in [-0.4, -0.2) is 29.7 Å². The molecule has 0 unspecified atom stereocenters. The molecule has 1 aliphatic heterocycles. The monoisotopic (exact) mass is 335 g/mol. The van der Waals surface area contributed by atoms with Gasteiger partial charge in [-0.05, 0) is 81.1 Å². The number of aromatic nitrogens is 2. The number of hydrogen-bond acceptors (Lipinski definition) is 3. The Morgan fingerprint density at radius 2 is 1.84 bits per heavy atom. The molecule has 0 atom stereocenters. The van der Waals surface area contributed by atoms with Gasteiger partial charge in [-0.1, -0.05) is 12.1 Å². The highest BCUT2D eigenvalue weighted by atomic mass is 16.5. The Morgan fingerprint density at radius 3 is 2.64 bits per heavy atom. The second-order valence-corrected chi connectivity index (χ2v) is 6.97. The van der Waals surface area contributed by atoms with Gasteiger partial charge in [-0.15, -0.1) is 0 Å². The van der Waals surface area contributed by atoms with Crippen molar-refractivity contribution in [2.75, 3.05) is 19.7 Å². The second kappa shape index (κ2) is 6.89. The number of rotatable bonds is 4. The smallest absolute Gasteiger partial charge is 0.138 e. The van der Waals surface area contributed by atoms with Gasteiger partial charge in [0.25, 0.3) is 0 Å². The number of H-pyrrole nitrogens is 1. The first-order valence-electron chi connectivity index (χ1n) is 9.11. The predicted molar refractivity (Wildman–Crippen MR) is 102 cm³/mol. The molecule has 2 aromatic carbocycles. The summed E-state index contributed by atoms with van der Waals surface area (Å²) >= 11 is 0. The topological polar surface area (TPSA) is 49.9 Å². The van der Waals surface area contributed by atoms with Crippen LogP contribution in [0.3, 0.4) is 0 Å². The Morgan fingerprint density at radius 1 is 1.04 bits per heavy atom. The summed E-state index contributed by atoms with van der Waals surface area (Å²) in [6.07, 6.45) is 2.41. The van der Waals surface area contributed by atoms with Gasteiger partial charge >= 0.3 is 0 Å². The quantitative estimate of drug-likeness (QED) is 0.750. The Labute approximate surface area is 148 Å². The van der Waals surface area contributed by atoms with E-state index in [4.69, 9.17) is 9.72 Å². The average Bonchev–Trinajstić information content (AvgIpc) is 3.07. The van der Waals surface area contributed by atoms with E-state index in [1.165, 1.54) is 24.0 Å². The van der Waals surface area contributed by atoms with Crippen LogP contribution in [0.4, 0.5) is 0 Å². The van der Waals surface area contributed by atoms with E-state index in [2.05, 4.69) is 42.3 Å². The number of ether oxygens (including phenoxy) is 1. The molecular weight excluding hydrogens is 310 g/mol. The third kappa shape index (κ3) is 3.27. The zero-order valence-electron chi connectivity index (χ0n) is 14.9. The third-order valence-corrected chi connectivity index (χ3v) is 5.32. The fraction of sp³-hybridized carbons (Fsp3) is 0.381. The first-order valence-corrected chi connectivity index (χ1v) is 9.11. The van der Waals surface area contributed by atoms with E-state index in [0.29, 0.717) is 5.92 Å². The number of imidazole rings is 1. The lowest BCUT2D eigenvalue weighted by Crippen LogP contribution is -2.30. The summed E-state index contributed by atoms with van der Waals surface area (Å²) in [4.78, 5) is 8.15. The van der Waals surface area contributed by atoms with Crippen LogP contribution in [0, 0.1) is 19.8 Å². The van der Waals surface area contributed by atoms with Crippen molar-refractivity contribution in [3.05, 3.63) is 47.5 Å². The molecule has 0 spiro atoms. The Bertz CT molecular complexity index is 845. The third-order valence-electron chi connectivity index (χ3n) is 5.32. The number of hydrogen-bond donors (Lipinski definition) is 2. The van der Waals surface area contributed by atoms with E-state index in [1.807, 2.05) is 18.2 Å². The molecule has 0 aliphatic carbocycles. The fourth-order valence-corrected chi connectivity index (χ4v) is 3.55. The number of nitrogens with one attached hydrogen (secondary N) is 2. The molecule has 4 nitrogen and oxygen atoms in total. The highest BCUT2D eigenvalue weighted by Crippen LogP contribution is 2.31. The van der Waals surface area contributed by atoms with Gasteiger partial charge in [0.1, 0.15) is 11.6 Å². The maximum absolute atomic E-state index is 6.15. The Balaban J connectivity index is 1.57. The summed E-state index contributed by atoms with van der Waals surface area (Å²) in [5.74, 6) is 2.58. The molecule has 1 saturated heterocycles. The summed E-state index contributed by atoms with van der Waals surface area (Å²) < 4.78 is 6.15. The normalized spacial score (nSPS) is 15.6. The molecule has 1 aromatic heterocycles. The zero-order valence-corrected chi connectivity index (χ0v) is 14.9. The molecule has 130 valence electrons. The number of aromatic amines is 1. The molecule has 0 bridgehead atoms. The van der Waals surface area contributed by atoms with Crippen molar-refractivity contribution in [2.45, 2.75) is 26.7 Å². The molecule has 0 radical (unpaired) electrons. The van der Waals surface area contributed by atoms with E-state index in [0.717, 1.165) is 47.9 Å². The van der Waals surface area contributed by atoms with Crippen LogP contribution in [0.5, 0.6) is 5.75 Å². The minimum Gasteiger partial charge on any atom is -0.493 e. The van der Waals surface area contributed by atoms with E-state index < -0.39 is 0 Å².